The molecule has 102 valence electrons. The van der Waals surface area contributed by atoms with E-state index in [1.165, 1.54) is 0 Å². The minimum atomic E-state index is -0.330. The summed E-state index contributed by atoms with van der Waals surface area (Å²) in [6, 6.07) is 3.92. The standard InChI is InChI=1S/C14H19N3O2/c1-2-11-13(18)15-7-9-17(11)14(19)12-4-3-8-16(12)10-5-6-10/h3-4,8,10-11H,2,5-7,9H2,1H3,(H,15,18). The van der Waals surface area contributed by atoms with Crippen molar-refractivity contribution < 1.29 is 9.59 Å². The molecule has 2 amide bonds. The predicted molar refractivity (Wildman–Crippen MR) is 70.8 cm³/mol. The van der Waals surface area contributed by atoms with E-state index in [1.54, 1.807) is 4.90 Å². The summed E-state index contributed by atoms with van der Waals surface area (Å²) >= 11 is 0. The van der Waals surface area contributed by atoms with Gasteiger partial charge in [0.2, 0.25) is 5.91 Å². The highest BCUT2D eigenvalue weighted by molar-refractivity contribution is 5.97. The molecule has 1 saturated carbocycles. The molecule has 19 heavy (non-hydrogen) atoms. The fourth-order valence-corrected chi connectivity index (χ4v) is 2.76. The minimum absolute atomic E-state index is 0.0152. The fraction of sp³-hybridized carbons (Fsp3) is 0.571. The molecule has 1 aromatic rings. The van der Waals surface area contributed by atoms with Crippen LogP contribution in [0.25, 0.3) is 0 Å². The number of nitrogens with zero attached hydrogens (tertiary/aromatic N) is 2. The van der Waals surface area contributed by atoms with E-state index in [-0.39, 0.29) is 17.9 Å². The van der Waals surface area contributed by atoms with Crippen molar-refractivity contribution in [3.05, 3.63) is 24.0 Å². The lowest BCUT2D eigenvalue weighted by molar-refractivity contribution is -0.127. The molecular weight excluding hydrogens is 242 g/mol. The zero-order valence-corrected chi connectivity index (χ0v) is 11.1. The lowest BCUT2D eigenvalue weighted by Crippen LogP contribution is -2.57. The SMILES string of the molecule is CCC1C(=O)NCCN1C(=O)c1cccn1C1CC1. The summed E-state index contributed by atoms with van der Waals surface area (Å²) < 4.78 is 2.06. The lowest BCUT2D eigenvalue weighted by Gasteiger charge is -2.34. The number of aromatic nitrogens is 1. The molecule has 1 N–H and O–H groups in total. The number of hydrogen-bond acceptors (Lipinski definition) is 2. The molecule has 5 heteroatoms. The zero-order valence-electron chi connectivity index (χ0n) is 11.1. The molecule has 0 aromatic carbocycles. The number of amides is 2. The highest BCUT2D eigenvalue weighted by atomic mass is 16.2. The van der Waals surface area contributed by atoms with Gasteiger partial charge < -0.3 is 14.8 Å². The summed E-state index contributed by atoms with van der Waals surface area (Å²) in [7, 11) is 0. The van der Waals surface area contributed by atoms with Crippen LogP contribution in [0.15, 0.2) is 18.3 Å². The lowest BCUT2D eigenvalue weighted by atomic mass is 10.1. The molecule has 1 aliphatic carbocycles. The summed E-state index contributed by atoms with van der Waals surface area (Å²) in [6.07, 6.45) is 4.91. The van der Waals surface area contributed by atoms with Gasteiger partial charge in [-0.3, -0.25) is 9.59 Å². The average molecular weight is 261 g/mol. The van der Waals surface area contributed by atoms with Gasteiger partial charge in [0.25, 0.3) is 5.91 Å². The average Bonchev–Trinajstić information content (AvgIpc) is 3.15. The highest BCUT2D eigenvalue weighted by Crippen LogP contribution is 2.36. The second-order valence-corrected chi connectivity index (χ2v) is 5.25. The number of piperazine rings is 1. The minimum Gasteiger partial charge on any atom is -0.353 e. The smallest absolute Gasteiger partial charge is 0.271 e. The van der Waals surface area contributed by atoms with Gasteiger partial charge in [0.15, 0.2) is 0 Å². The Hall–Kier alpha value is -1.78. The Labute approximate surface area is 112 Å². The van der Waals surface area contributed by atoms with E-state index < -0.39 is 0 Å². The van der Waals surface area contributed by atoms with Gasteiger partial charge in [-0.15, -0.1) is 0 Å². The van der Waals surface area contributed by atoms with Crippen LogP contribution in [0.2, 0.25) is 0 Å². The second-order valence-electron chi connectivity index (χ2n) is 5.25. The van der Waals surface area contributed by atoms with Crippen LogP contribution in [0.1, 0.15) is 42.7 Å². The van der Waals surface area contributed by atoms with Gasteiger partial charge in [0.1, 0.15) is 11.7 Å². The van der Waals surface area contributed by atoms with Gasteiger partial charge in [-0.2, -0.15) is 0 Å². The number of carbonyl (C=O) groups is 2. The summed E-state index contributed by atoms with van der Waals surface area (Å²) in [4.78, 5) is 26.2. The summed E-state index contributed by atoms with van der Waals surface area (Å²) in [6.45, 7) is 3.08. The first-order valence-corrected chi connectivity index (χ1v) is 6.98. The van der Waals surface area contributed by atoms with Crippen molar-refractivity contribution in [1.82, 2.24) is 14.8 Å². The van der Waals surface area contributed by atoms with Crippen molar-refractivity contribution in [2.24, 2.45) is 0 Å². The molecule has 5 nitrogen and oxygen atoms in total. The molecule has 3 rings (SSSR count). The van der Waals surface area contributed by atoms with Crippen LogP contribution in [0.4, 0.5) is 0 Å². The van der Waals surface area contributed by atoms with Crippen molar-refractivity contribution in [2.75, 3.05) is 13.1 Å². The van der Waals surface area contributed by atoms with Crippen LogP contribution in [0, 0.1) is 0 Å². The maximum Gasteiger partial charge on any atom is 0.271 e. The topological polar surface area (TPSA) is 54.3 Å². The van der Waals surface area contributed by atoms with Gasteiger partial charge >= 0.3 is 0 Å². The molecule has 1 aliphatic heterocycles. The van der Waals surface area contributed by atoms with Gasteiger partial charge in [-0.1, -0.05) is 6.92 Å². The number of rotatable bonds is 3. The molecule has 2 fully saturated rings. The van der Waals surface area contributed by atoms with Crippen molar-refractivity contribution in [1.29, 1.82) is 0 Å². The van der Waals surface area contributed by atoms with Crippen LogP contribution >= 0.6 is 0 Å². The summed E-state index contributed by atoms with van der Waals surface area (Å²) in [5, 5.41) is 2.82. The van der Waals surface area contributed by atoms with Crippen LogP contribution < -0.4 is 5.32 Å². The van der Waals surface area contributed by atoms with Gasteiger partial charge in [-0.05, 0) is 31.4 Å². The van der Waals surface area contributed by atoms with E-state index in [0.29, 0.717) is 25.6 Å². The summed E-state index contributed by atoms with van der Waals surface area (Å²) in [5.74, 6) is -0.0507. The first-order chi connectivity index (χ1) is 9.22. The Bertz CT molecular complexity index is 505. The maximum absolute atomic E-state index is 12.7. The van der Waals surface area contributed by atoms with Crippen LogP contribution in [0.5, 0.6) is 0 Å². The third-order valence-corrected chi connectivity index (χ3v) is 3.92. The Balaban J connectivity index is 1.85. The molecule has 2 aliphatic rings. The van der Waals surface area contributed by atoms with Crippen LogP contribution in [-0.4, -0.2) is 40.4 Å². The third-order valence-electron chi connectivity index (χ3n) is 3.92. The Morgan fingerprint density at radius 3 is 2.95 bits per heavy atom. The normalized spacial score (nSPS) is 23.3. The van der Waals surface area contributed by atoms with Crippen LogP contribution in [0.3, 0.4) is 0 Å². The molecule has 0 radical (unpaired) electrons. The largest absolute Gasteiger partial charge is 0.353 e. The number of hydrogen-bond donors (Lipinski definition) is 1. The molecule has 1 aromatic heterocycles. The molecule has 0 bridgehead atoms. The third kappa shape index (κ3) is 2.13. The van der Waals surface area contributed by atoms with Gasteiger partial charge in [-0.25, -0.2) is 0 Å². The van der Waals surface area contributed by atoms with Crippen molar-refractivity contribution >= 4 is 11.8 Å². The molecule has 1 atom stereocenters. The Morgan fingerprint density at radius 1 is 1.47 bits per heavy atom. The maximum atomic E-state index is 12.7. The molecule has 1 unspecified atom stereocenters. The zero-order chi connectivity index (χ0) is 13.4. The van der Waals surface area contributed by atoms with E-state index in [9.17, 15) is 9.59 Å². The van der Waals surface area contributed by atoms with Crippen LogP contribution in [-0.2, 0) is 4.79 Å². The van der Waals surface area contributed by atoms with Gasteiger partial charge in [0.05, 0.1) is 0 Å². The van der Waals surface area contributed by atoms with E-state index in [0.717, 1.165) is 18.5 Å². The molecule has 2 heterocycles. The quantitative estimate of drug-likeness (QED) is 0.888. The van der Waals surface area contributed by atoms with E-state index in [4.69, 9.17) is 0 Å². The van der Waals surface area contributed by atoms with E-state index in [1.807, 2.05) is 25.3 Å². The fourth-order valence-electron chi connectivity index (χ4n) is 2.76. The van der Waals surface area contributed by atoms with Crippen molar-refractivity contribution in [3.8, 4) is 0 Å². The van der Waals surface area contributed by atoms with Crippen molar-refractivity contribution in [3.63, 3.8) is 0 Å². The van der Waals surface area contributed by atoms with Gasteiger partial charge in [0, 0.05) is 25.3 Å². The Kier molecular flexibility index (Phi) is 3.05. The monoisotopic (exact) mass is 261 g/mol. The number of carbonyl (C=O) groups excluding carboxylic acids is 2. The van der Waals surface area contributed by atoms with E-state index >= 15 is 0 Å². The second kappa shape index (κ2) is 4.72. The molecular formula is C14H19N3O2. The Morgan fingerprint density at radius 2 is 2.26 bits per heavy atom. The molecule has 1 saturated heterocycles. The predicted octanol–water partition coefficient (Wildman–Crippen LogP) is 1.17. The summed E-state index contributed by atoms with van der Waals surface area (Å²) in [5.41, 5.74) is 0.718. The molecule has 0 spiro atoms. The number of nitrogens with one attached hydrogen (secondary N) is 1. The van der Waals surface area contributed by atoms with Crippen molar-refractivity contribution in [2.45, 2.75) is 38.3 Å². The van der Waals surface area contributed by atoms with E-state index in [2.05, 4.69) is 9.88 Å². The highest BCUT2D eigenvalue weighted by Gasteiger charge is 2.34. The first kappa shape index (κ1) is 12.3. The first-order valence-electron chi connectivity index (χ1n) is 6.98.